The second-order valence-corrected chi connectivity index (χ2v) is 4.27. The van der Waals surface area contributed by atoms with E-state index in [9.17, 15) is 0 Å². The lowest BCUT2D eigenvalue weighted by Crippen LogP contribution is -1.90. The Kier molecular flexibility index (Phi) is 3.08. The summed E-state index contributed by atoms with van der Waals surface area (Å²) in [5, 5.41) is 1.36. The first-order chi connectivity index (χ1) is 7.27. The standard InChI is InChI=1S/C10H8ClN3S/c11-7-2-1-3-8(10(7)12)15-9-6-13-4-5-14-9/h1-6H,12H2. The molecule has 2 N–H and O–H groups in total. The summed E-state index contributed by atoms with van der Waals surface area (Å²) in [5.74, 6) is 0. The summed E-state index contributed by atoms with van der Waals surface area (Å²) >= 11 is 7.35. The molecule has 1 aromatic heterocycles. The Morgan fingerprint density at radius 3 is 2.87 bits per heavy atom. The largest absolute Gasteiger partial charge is 0.397 e. The van der Waals surface area contributed by atoms with Crippen molar-refractivity contribution in [1.82, 2.24) is 9.97 Å². The third kappa shape index (κ3) is 2.40. The fourth-order valence-corrected chi connectivity index (χ4v) is 2.11. The van der Waals surface area contributed by atoms with Crippen molar-refractivity contribution in [2.45, 2.75) is 9.92 Å². The predicted octanol–water partition coefficient (Wildman–Crippen LogP) is 2.86. The van der Waals surface area contributed by atoms with E-state index >= 15 is 0 Å². The van der Waals surface area contributed by atoms with Crippen molar-refractivity contribution >= 4 is 29.1 Å². The number of hydrogen-bond acceptors (Lipinski definition) is 4. The number of benzene rings is 1. The van der Waals surface area contributed by atoms with Gasteiger partial charge in [-0.15, -0.1) is 0 Å². The maximum atomic E-state index is 5.91. The van der Waals surface area contributed by atoms with Gasteiger partial charge >= 0.3 is 0 Å². The van der Waals surface area contributed by atoms with Gasteiger partial charge in [0.15, 0.2) is 0 Å². The number of hydrogen-bond donors (Lipinski definition) is 1. The van der Waals surface area contributed by atoms with Crippen LogP contribution in [0, 0.1) is 0 Å². The van der Waals surface area contributed by atoms with Gasteiger partial charge in [0.1, 0.15) is 5.03 Å². The van der Waals surface area contributed by atoms with Crippen LogP contribution in [0.4, 0.5) is 5.69 Å². The van der Waals surface area contributed by atoms with Crippen LogP contribution in [0.15, 0.2) is 46.7 Å². The van der Waals surface area contributed by atoms with Crippen molar-refractivity contribution in [2.75, 3.05) is 5.73 Å². The second-order valence-electron chi connectivity index (χ2n) is 2.80. The molecule has 15 heavy (non-hydrogen) atoms. The van der Waals surface area contributed by atoms with E-state index < -0.39 is 0 Å². The zero-order valence-corrected chi connectivity index (χ0v) is 9.29. The highest BCUT2D eigenvalue weighted by Gasteiger charge is 2.05. The maximum Gasteiger partial charge on any atom is 0.119 e. The highest BCUT2D eigenvalue weighted by molar-refractivity contribution is 7.99. The van der Waals surface area contributed by atoms with E-state index in [2.05, 4.69) is 9.97 Å². The van der Waals surface area contributed by atoms with E-state index in [1.807, 2.05) is 12.1 Å². The van der Waals surface area contributed by atoms with Crippen LogP contribution < -0.4 is 5.73 Å². The van der Waals surface area contributed by atoms with Crippen LogP contribution in [-0.4, -0.2) is 9.97 Å². The lowest BCUT2D eigenvalue weighted by molar-refractivity contribution is 1.05. The smallest absolute Gasteiger partial charge is 0.119 e. The molecule has 5 heteroatoms. The highest BCUT2D eigenvalue weighted by Crippen LogP contribution is 2.34. The number of nitrogens with zero attached hydrogens (tertiary/aromatic N) is 2. The third-order valence-corrected chi connectivity index (χ3v) is 3.09. The minimum absolute atomic E-state index is 0.559. The number of aromatic nitrogens is 2. The van der Waals surface area contributed by atoms with Crippen LogP contribution in [0.3, 0.4) is 0 Å². The summed E-state index contributed by atoms with van der Waals surface area (Å²) in [6, 6.07) is 5.52. The van der Waals surface area contributed by atoms with Crippen molar-refractivity contribution in [1.29, 1.82) is 0 Å². The minimum Gasteiger partial charge on any atom is -0.397 e. The van der Waals surface area contributed by atoms with Crippen LogP contribution in [-0.2, 0) is 0 Å². The molecule has 0 aliphatic carbocycles. The second kappa shape index (κ2) is 4.51. The molecule has 1 heterocycles. The van der Waals surface area contributed by atoms with Gasteiger partial charge in [-0.25, -0.2) is 4.98 Å². The highest BCUT2D eigenvalue weighted by atomic mass is 35.5. The van der Waals surface area contributed by atoms with Crippen molar-refractivity contribution in [3.05, 3.63) is 41.8 Å². The molecule has 3 nitrogen and oxygen atoms in total. The maximum absolute atomic E-state index is 5.91. The van der Waals surface area contributed by atoms with E-state index in [1.54, 1.807) is 24.7 Å². The molecule has 1 aromatic carbocycles. The number of halogens is 1. The molecular formula is C10H8ClN3S. The first-order valence-corrected chi connectivity index (χ1v) is 5.44. The minimum atomic E-state index is 0.559. The van der Waals surface area contributed by atoms with Crippen molar-refractivity contribution in [2.24, 2.45) is 0 Å². The summed E-state index contributed by atoms with van der Waals surface area (Å²) in [4.78, 5) is 9.01. The Bertz CT molecular complexity index is 461. The molecular weight excluding hydrogens is 230 g/mol. The molecule has 2 aromatic rings. The van der Waals surface area contributed by atoms with Crippen LogP contribution in [0.5, 0.6) is 0 Å². The number of rotatable bonds is 2. The van der Waals surface area contributed by atoms with Crippen molar-refractivity contribution < 1.29 is 0 Å². The molecule has 0 atom stereocenters. The predicted molar refractivity (Wildman–Crippen MR) is 62.0 cm³/mol. The molecule has 76 valence electrons. The van der Waals surface area contributed by atoms with E-state index in [0.717, 1.165) is 9.92 Å². The van der Waals surface area contributed by atoms with Gasteiger partial charge in [-0.1, -0.05) is 29.4 Å². The topological polar surface area (TPSA) is 51.8 Å². The van der Waals surface area contributed by atoms with Gasteiger partial charge in [0, 0.05) is 17.3 Å². The summed E-state index contributed by atoms with van der Waals surface area (Å²) in [6.45, 7) is 0. The monoisotopic (exact) mass is 237 g/mol. The normalized spacial score (nSPS) is 10.2. The van der Waals surface area contributed by atoms with Gasteiger partial charge in [0.2, 0.25) is 0 Å². The Morgan fingerprint density at radius 2 is 2.13 bits per heavy atom. The SMILES string of the molecule is Nc1c(Cl)cccc1Sc1cnccn1. The number of anilines is 1. The molecule has 0 spiro atoms. The van der Waals surface area contributed by atoms with Crippen molar-refractivity contribution in [3.63, 3.8) is 0 Å². The van der Waals surface area contributed by atoms with E-state index in [-0.39, 0.29) is 0 Å². The third-order valence-electron chi connectivity index (χ3n) is 1.77. The van der Waals surface area contributed by atoms with Gasteiger partial charge in [0.25, 0.3) is 0 Å². The quantitative estimate of drug-likeness (QED) is 0.816. The lowest BCUT2D eigenvalue weighted by atomic mass is 10.3. The first kappa shape index (κ1) is 10.3. The van der Waals surface area contributed by atoms with Gasteiger partial charge in [-0.3, -0.25) is 4.98 Å². The molecule has 0 aliphatic rings. The Balaban J connectivity index is 2.29. The zero-order valence-electron chi connectivity index (χ0n) is 7.72. The summed E-state index contributed by atoms with van der Waals surface area (Å²) in [6.07, 6.45) is 4.96. The van der Waals surface area contributed by atoms with Crippen LogP contribution in [0.1, 0.15) is 0 Å². The fourth-order valence-electron chi connectivity index (χ4n) is 1.06. The molecule has 0 amide bonds. The zero-order chi connectivity index (χ0) is 10.7. The number of nitrogens with two attached hydrogens (primary N) is 1. The van der Waals surface area contributed by atoms with Gasteiger partial charge < -0.3 is 5.73 Å². The molecule has 0 aliphatic heterocycles. The molecule has 0 fully saturated rings. The summed E-state index contributed by atoms with van der Waals surface area (Å²) < 4.78 is 0. The van der Waals surface area contributed by atoms with Gasteiger partial charge in [0.05, 0.1) is 16.9 Å². The fraction of sp³-hybridized carbons (Fsp3) is 0. The summed E-state index contributed by atoms with van der Waals surface area (Å²) in [7, 11) is 0. The summed E-state index contributed by atoms with van der Waals surface area (Å²) in [5.41, 5.74) is 6.41. The lowest BCUT2D eigenvalue weighted by Gasteiger charge is -2.05. The number of nitrogen functional groups attached to an aromatic ring is 1. The van der Waals surface area contributed by atoms with Gasteiger partial charge in [-0.05, 0) is 12.1 Å². The molecule has 0 radical (unpaired) electrons. The average Bonchev–Trinajstić information content (AvgIpc) is 2.26. The molecule has 2 rings (SSSR count). The molecule has 0 saturated heterocycles. The number of para-hydroxylation sites is 1. The molecule has 0 unspecified atom stereocenters. The molecule has 0 saturated carbocycles. The van der Waals surface area contributed by atoms with Crippen LogP contribution in [0.2, 0.25) is 5.02 Å². The Labute approximate surface area is 96.7 Å². The first-order valence-electron chi connectivity index (χ1n) is 4.25. The van der Waals surface area contributed by atoms with Crippen molar-refractivity contribution in [3.8, 4) is 0 Å². The molecule has 0 bridgehead atoms. The van der Waals surface area contributed by atoms with Crippen LogP contribution >= 0.6 is 23.4 Å². The van der Waals surface area contributed by atoms with Crippen LogP contribution in [0.25, 0.3) is 0 Å². The average molecular weight is 238 g/mol. The van der Waals surface area contributed by atoms with E-state index in [1.165, 1.54) is 11.8 Å². The Morgan fingerprint density at radius 1 is 1.27 bits per heavy atom. The van der Waals surface area contributed by atoms with E-state index in [0.29, 0.717) is 10.7 Å². The van der Waals surface area contributed by atoms with E-state index in [4.69, 9.17) is 17.3 Å². The van der Waals surface area contributed by atoms with Gasteiger partial charge in [-0.2, -0.15) is 0 Å². The Hall–Kier alpha value is -1.26.